The highest BCUT2D eigenvalue weighted by molar-refractivity contribution is 7.99. The van der Waals surface area contributed by atoms with Crippen LogP contribution in [0, 0.1) is 5.92 Å². The van der Waals surface area contributed by atoms with Crippen molar-refractivity contribution in [1.29, 1.82) is 0 Å². The molecule has 0 saturated heterocycles. The van der Waals surface area contributed by atoms with Crippen LogP contribution in [0.5, 0.6) is 0 Å². The SMILES string of the molecule is CC(C)Cn1c(SC(C)c2nc3ccccc3c(=O)[nH]2)nnc1-c1ccc(Cl)cc1Cl. The van der Waals surface area contributed by atoms with Crippen molar-refractivity contribution >= 4 is 45.9 Å². The van der Waals surface area contributed by atoms with E-state index in [9.17, 15) is 4.79 Å². The van der Waals surface area contributed by atoms with Gasteiger partial charge in [0.25, 0.3) is 5.56 Å². The molecule has 31 heavy (non-hydrogen) atoms. The minimum atomic E-state index is -0.148. The fourth-order valence-electron chi connectivity index (χ4n) is 3.29. The summed E-state index contributed by atoms with van der Waals surface area (Å²) in [6.45, 7) is 6.97. The van der Waals surface area contributed by atoms with Gasteiger partial charge in [-0.2, -0.15) is 0 Å². The van der Waals surface area contributed by atoms with Crippen molar-refractivity contribution in [2.24, 2.45) is 5.92 Å². The van der Waals surface area contributed by atoms with Crippen molar-refractivity contribution in [2.75, 3.05) is 0 Å². The van der Waals surface area contributed by atoms with Crippen LogP contribution in [-0.4, -0.2) is 24.7 Å². The Hall–Kier alpha value is -2.35. The highest BCUT2D eigenvalue weighted by Crippen LogP contribution is 2.36. The summed E-state index contributed by atoms with van der Waals surface area (Å²) in [4.78, 5) is 20.0. The number of aromatic nitrogens is 5. The Bertz CT molecular complexity index is 1300. The second-order valence-electron chi connectivity index (χ2n) is 7.66. The second-order valence-corrected chi connectivity index (χ2v) is 9.81. The van der Waals surface area contributed by atoms with E-state index in [2.05, 4.69) is 38.6 Å². The van der Waals surface area contributed by atoms with Crippen molar-refractivity contribution in [3.05, 3.63) is 68.7 Å². The summed E-state index contributed by atoms with van der Waals surface area (Å²) in [6.07, 6.45) is 0. The molecule has 4 rings (SSSR count). The monoisotopic (exact) mass is 473 g/mol. The minimum absolute atomic E-state index is 0.138. The highest BCUT2D eigenvalue weighted by Gasteiger charge is 2.21. The number of hydrogen-bond donors (Lipinski definition) is 1. The summed E-state index contributed by atoms with van der Waals surface area (Å²) in [5.41, 5.74) is 1.30. The lowest BCUT2D eigenvalue weighted by atomic mass is 10.2. The Morgan fingerprint density at radius 3 is 2.61 bits per heavy atom. The maximum Gasteiger partial charge on any atom is 0.258 e. The first-order valence-electron chi connectivity index (χ1n) is 9.87. The number of hydrogen-bond acceptors (Lipinski definition) is 5. The normalized spacial score (nSPS) is 12.6. The van der Waals surface area contributed by atoms with Gasteiger partial charge in [0.15, 0.2) is 11.0 Å². The van der Waals surface area contributed by atoms with Gasteiger partial charge < -0.3 is 9.55 Å². The molecule has 6 nitrogen and oxygen atoms in total. The fraction of sp³-hybridized carbons (Fsp3) is 0.273. The van der Waals surface area contributed by atoms with Crippen LogP contribution in [0.15, 0.2) is 52.4 Å². The Morgan fingerprint density at radius 1 is 1.10 bits per heavy atom. The van der Waals surface area contributed by atoms with E-state index in [0.717, 1.165) is 17.3 Å². The Kier molecular flexibility index (Phi) is 6.36. The van der Waals surface area contributed by atoms with Crippen LogP contribution in [0.25, 0.3) is 22.3 Å². The van der Waals surface area contributed by atoms with Gasteiger partial charge in [-0.25, -0.2) is 4.98 Å². The van der Waals surface area contributed by atoms with Crippen molar-refractivity contribution in [3.63, 3.8) is 0 Å². The van der Waals surface area contributed by atoms with E-state index in [1.165, 1.54) is 11.8 Å². The van der Waals surface area contributed by atoms with Crippen LogP contribution in [-0.2, 0) is 6.54 Å². The second kappa shape index (κ2) is 9.02. The summed E-state index contributed by atoms with van der Waals surface area (Å²) >= 11 is 14.0. The summed E-state index contributed by atoms with van der Waals surface area (Å²) in [5, 5.41) is 11.1. The molecule has 2 aromatic carbocycles. The molecule has 0 bridgehead atoms. The van der Waals surface area contributed by atoms with Gasteiger partial charge in [-0.1, -0.05) is 60.9 Å². The molecule has 160 valence electrons. The molecule has 9 heteroatoms. The Morgan fingerprint density at radius 2 is 1.87 bits per heavy atom. The molecule has 0 spiro atoms. The third kappa shape index (κ3) is 4.63. The first-order chi connectivity index (χ1) is 14.8. The molecule has 0 aliphatic rings. The van der Waals surface area contributed by atoms with Crippen LogP contribution in [0.2, 0.25) is 10.0 Å². The van der Waals surface area contributed by atoms with E-state index in [1.54, 1.807) is 18.2 Å². The number of nitrogens with one attached hydrogen (secondary N) is 1. The van der Waals surface area contributed by atoms with Gasteiger partial charge in [0.05, 0.1) is 21.2 Å². The van der Waals surface area contributed by atoms with Gasteiger partial charge in [-0.05, 0) is 43.2 Å². The summed E-state index contributed by atoms with van der Waals surface area (Å²) in [7, 11) is 0. The highest BCUT2D eigenvalue weighted by atomic mass is 35.5. The lowest BCUT2D eigenvalue weighted by Crippen LogP contribution is -2.13. The van der Waals surface area contributed by atoms with Crippen LogP contribution in [0.4, 0.5) is 0 Å². The number of aromatic amines is 1. The zero-order valence-corrected chi connectivity index (χ0v) is 19.6. The van der Waals surface area contributed by atoms with Gasteiger partial charge in [0, 0.05) is 17.1 Å². The lowest BCUT2D eigenvalue weighted by Gasteiger charge is -2.15. The summed E-state index contributed by atoms with van der Waals surface area (Å²) in [5.74, 6) is 1.65. The average molecular weight is 474 g/mol. The van der Waals surface area contributed by atoms with E-state index in [4.69, 9.17) is 23.2 Å². The van der Waals surface area contributed by atoms with E-state index in [0.29, 0.717) is 38.5 Å². The standard InChI is InChI=1S/C22H21Cl2N5OS/c1-12(2)11-29-20(15-9-8-14(23)10-17(15)24)27-28-22(29)31-13(3)19-25-18-7-5-4-6-16(18)21(30)26-19/h4-10,12-13H,11H2,1-3H3,(H,25,26,30). The Balaban J connectivity index is 1.71. The maximum atomic E-state index is 12.5. The number of benzene rings is 2. The van der Waals surface area contributed by atoms with Gasteiger partial charge >= 0.3 is 0 Å². The molecule has 4 aromatic rings. The third-order valence-corrected chi connectivity index (χ3v) is 6.37. The van der Waals surface area contributed by atoms with Crippen molar-refractivity contribution in [2.45, 2.75) is 37.7 Å². The smallest absolute Gasteiger partial charge is 0.258 e. The number of halogens is 2. The largest absolute Gasteiger partial charge is 0.309 e. The van der Waals surface area contributed by atoms with E-state index in [-0.39, 0.29) is 10.8 Å². The topological polar surface area (TPSA) is 76.5 Å². The van der Waals surface area contributed by atoms with Crippen molar-refractivity contribution < 1.29 is 0 Å². The Labute approximate surface area is 194 Å². The molecule has 0 fully saturated rings. The van der Waals surface area contributed by atoms with E-state index in [1.807, 2.05) is 31.2 Å². The first kappa shape index (κ1) is 21.9. The zero-order valence-electron chi connectivity index (χ0n) is 17.3. The lowest BCUT2D eigenvalue weighted by molar-refractivity contribution is 0.497. The van der Waals surface area contributed by atoms with Crippen LogP contribution >= 0.6 is 35.0 Å². The molecule has 2 aromatic heterocycles. The van der Waals surface area contributed by atoms with Gasteiger partial charge in [0.1, 0.15) is 5.82 Å². The van der Waals surface area contributed by atoms with Gasteiger partial charge in [-0.15, -0.1) is 10.2 Å². The minimum Gasteiger partial charge on any atom is -0.309 e. The molecule has 0 amide bonds. The number of nitrogens with zero attached hydrogens (tertiary/aromatic N) is 4. The maximum absolute atomic E-state index is 12.5. The van der Waals surface area contributed by atoms with Crippen LogP contribution in [0.3, 0.4) is 0 Å². The summed E-state index contributed by atoms with van der Waals surface area (Å²) < 4.78 is 2.06. The van der Waals surface area contributed by atoms with Crippen LogP contribution < -0.4 is 5.56 Å². The molecule has 1 atom stereocenters. The average Bonchev–Trinajstić information content (AvgIpc) is 3.09. The quantitative estimate of drug-likeness (QED) is 0.347. The van der Waals surface area contributed by atoms with Crippen molar-refractivity contribution in [3.8, 4) is 11.4 Å². The number of H-pyrrole nitrogens is 1. The van der Waals surface area contributed by atoms with Crippen LogP contribution in [0.1, 0.15) is 31.8 Å². The number of thioether (sulfide) groups is 1. The predicted octanol–water partition coefficient (Wildman–Crippen LogP) is 6.00. The molecule has 1 unspecified atom stereocenters. The zero-order chi connectivity index (χ0) is 22.1. The summed E-state index contributed by atoms with van der Waals surface area (Å²) in [6, 6.07) is 12.7. The third-order valence-electron chi connectivity index (χ3n) is 4.74. The number of para-hydroxylation sites is 1. The van der Waals surface area contributed by atoms with E-state index < -0.39 is 0 Å². The molecule has 0 aliphatic heterocycles. The molecule has 0 aliphatic carbocycles. The molecular weight excluding hydrogens is 453 g/mol. The number of fused-ring (bicyclic) bond motifs is 1. The number of rotatable bonds is 6. The molecular formula is C22H21Cl2N5OS. The van der Waals surface area contributed by atoms with Gasteiger partial charge in [-0.3, -0.25) is 4.79 Å². The molecule has 0 saturated carbocycles. The first-order valence-corrected chi connectivity index (χ1v) is 11.5. The predicted molar refractivity (Wildman–Crippen MR) is 127 cm³/mol. The molecule has 2 heterocycles. The van der Waals surface area contributed by atoms with E-state index >= 15 is 0 Å². The molecule has 0 radical (unpaired) electrons. The van der Waals surface area contributed by atoms with Gasteiger partial charge in [0.2, 0.25) is 0 Å². The fourth-order valence-corrected chi connectivity index (χ4v) is 4.70. The molecule has 1 N–H and O–H groups in total. The van der Waals surface area contributed by atoms with Crippen molar-refractivity contribution in [1.82, 2.24) is 24.7 Å².